The van der Waals surface area contributed by atoms with Gasteiger partial charge in [-0.1, -0.05) is 0 Å². The van der Waals surface area contributed by atoms with Gasteiger partial charge in [0.15, 0.2) is 16.9 Å². The van der Waals surface area contributed by atoms with Crippen LogP contribution in [-0.4, -0.2) is 16.8 Å². The molecule has 1 heterocycles. The van der Waals surface area contributed by atoms with Gasteiger partial charge in [-0.3, -0.25) is 4.79 Å². The van der Waals surface area contributed by atoms with Crippen LogP contribution in [0.3, 0.4) is 0 Å². The van der Waals surface area contributed by atoms with E-state index in [1.807, 2.05) is 6.92 Å². The number of fused-ring (bicyclic) bond motifs is 1. The number of aryl methyl sites for hydroxylation is 1. The molecule has 0 radical (unpaired) electrons. The summed E-state index contributed by atoms with van der Waals surface area (Å²) in [5, 5.41) is 20.0. The lowest BCUT2D eigenvalue weighted by Crippen LogP contribution is -2.01. The molecule has 2 aromatic carbocycles. The highest BCUT2D eigenvalue weighted by atomic mass is 16.5. The van der Waals surface area contributed by atoms with Crippen LogP contribution < -0.4 is 10.2 Å². The van der Waals surface area contributed by atoms with Gasteiger partial charge in [0, 0.05) is 17.2 Å². The highest BCUT2D eigenvalue weighted by Crippen LogP contribution is 2.33. The Hall–Kier alpha value is -2.95. The second-order valence-corrected chi connectivity index (χ2v) is 5.18. The summed E-state index contributed by atoms with van der Waals surface area (Å²) in [6, 6.07) is 9.14. The van der Waals surface area contributed by atoms with Crippen molar-refractivity contribution in [3.63, 3.8) is 0 Å². The first-order valence-electron chi connectivity index (χ1n) is 7.24. The summed E-state index contributed by atoms with van der Waals surface area (Å²) in [4.78, 5) is 12.3. The van der Waals surface area contributed by atoms with Gasteiger partial charge in [0.05, 0.1) is 12.0 Å². The van der Waals surface area contributed by atoms with Crippen LogP contribution >= 0.6 is 0 Å². The van der Waals surface area contributed by atoms with Crippen molar-refractivity contribution in [1.29, 1.82) is 0 Å². The van der Waals surface area contributed by atoms with Crippen molar-refractivity contribution < 1.29 is 19.4 Å². The predicted molar refractivity (Wildman–Crippen MR) is 87.2 cm³/mol. The molecule has 3 aromatic rings. The largest absolute Gasteiger partial charge is 0.508 e. The summed E-state index contributed by atoms with van der Waals surface area (Å²) < 4.78 is 11.2. The van der Waals surface area contributed by atoms with E-state index in [2.05, 4.69) is 0 Å². The van der Waals surface area contributed by atoms with E-state index in [4.69, 9.17) is 9.15 Å². The molecular formula is C18H16O5. The van der Waals surface area contributed by atoms with Gasteiger partial charge in [-0.25, -0.2) is 0 Å². The van der Waals surface area contributed by atoms with Gasteiger partial charge in [-0.05, 0) is 44.2 Å². The molecule has 2 N–H and O–H groups in total. The minimum Gasteiger partial charge on any atom is -0.508 e. The topological polar surface area (TPSA) is 79.9 Å². The summed E-state index contributed by atoms with van der Waals surface area (Å²) >= 11 is 0. The number of hydrogen-bond donors (Lipinski definition) is 2. The average molecular weight is 312 g/mol. The zero-order chi connectivity index (χ0) is 16.6. The Labute approximate surface area is 132 Å². The van der Waals surface area contributed by atoms with E-state index in [1.54, 1.807) is 19.1 Å². The molecule has 1 aromatic heterocycles. The average Bonchev–Trinajstić information content (AvgIpc) is 2.53. The third-order valence-corrected chi connectivity index (χ3v) is 3.66. The lowest BCUT2D eigenvalue weighted by Gasteiger charge is -2.09. The van der Waals surface area contributed by atoms with E-state index >= 15 is 0 Å². The fourth-order valence-electron chi connectivity index (χ4n) is 2.42. The molecule has 0 bridgehead atoms. The molecule has 0 amide bonds. The molecule has 0 aliphatic rings. The first-order chi connectivity index (χ1) is 11.0. The third-order valence-electron chi connectivity index (χ3n) is 3.66. The zero-order valence-corrected chi connectivity index (χ0v) is 12.8. The van der Waals surface area contributed by atoms with Crippen molar-refractivity contribution in [2.24, 2.45) is 0 Å². The summed E-state index contributed by atoms with van der Waals surface area (Å²) in [6.07, 6.45) is 0. The maximum atomic E-state index is 12.3. The highest BCUT2D eigenvalue weighted by molar-refractivity contribution is 5.83. The molecule has 3 rings (SSSR count). The van der Waals surface area contributed by atoms with Crippen molar-refractivity contribution in [3.8, 4) is 28.6 Å². The van der Waals surface area contributed by atoms with Crippen LogP contribution in [0.4, 0.5) is 0 Å². The Morgan fingerprint density at radius 1 is 1.09 bits per heavy atom. The van der Waals surface area contributed by atoms with Crippen LogP contribution in [0.5, 0.6) is 17.2 Å². The number of rotatable bonds is 3. The summed E-state index contributed by atoms with van der Waals surface area (Å²) in [6.45, 7) is 3.91. The van der Waals surface area contributed by atoms with Gasteiger partial charge in [-0.2, -0.15) is 0 Å². The number of phenolic OH excluding ortho intramolecular Hbond substituents is 2. The van der Waals surface area contributed by atoms with Gasteiger partial charge in [0.1, 0.15) is 17.1 Å². The maximum Gasteiger partial charge on any atom is 0.193 e. The molecule has 0 fully saturated rings. The Morgan fingerprint density at radius 3 is 2.57 bits per heavy atom. The second kappa shape index (κ2) is 5.68. The normalized spacial score (nSPS) is 10.9. The number of phenols is 2. The van der Waals surface area contributed by atoms with Crippen molar-refractivity contribution >= 4 is 11.0 Å². The highest BCUT2D eigenvalue weighted by Gasteiger charge is 2.13. The number of aromatic hydroxyl groups is 2. The quantitative estimate of drug-likeness (QED) is 0.772. The van der Waals surface area contributed by atoms with Gasteiger partial charge < -0.3 is 19.4 Å². The van der Waals surface area contributed by atoms with E-state index in [9.17, 15) is 15.0 Å². The number of ether oxygens (including phenoxy) is 1. The minimum absolute atomic E-state index is 0.0209. The number of benzene rings is 2. The van der Waals surface area contributed by atoms with Gasteiger partial charge in [0.2, 0.25) is 0 Å². The molecule has 0 unspecified atom stereocenters. The van der Waals surface area contributed by atoms with Crippen molar-refractivity contribution in [2.45, 2.75) is 13.8 Å². The summed E-state index contributed by atoms with van der Waals surface area (Å²) in [5.74, 6) is 0.753. The molecule has 5 heteroatoms. The Morgan fingerprint density at radius 2 is 1.83 bits per heavy atom. The van der Waals surface area contributed by atoms with Crippen LogP contribution in [0.2, 0.25) is 0 Å². The van der Waals surface area contributed by atoms with Gasteiger partial charge >= 0.3 is 0 Å². The van der Waals surface area contributed by atoms with Crippen LogP contribution in [0.25, 0.3) is 22.3 Å². The monoisotopic (exact) mass is 312 g/mol. The lowest BCUT2D eigenvalue weighted by molar-refractivity contribution is 0.318. The molecule has 0 saturated heterocycles. The fraction of sp³-hybridized carbons (Fsp3) is 0.167. The zero-order valence-electron chi connectivity index (χ0n) is 12.8. The van der Waals surface area contributed by atoms with E-state index in [0.29, 0.717) is 40.2 Å². The summed E-state index contributed by atoms with van der Waals surface area (Å²) in [7, 11) is 0. The molecule has 23 heavy (non-hydrogen) atoms. The molecule has 0 saturated carbocycles. The van der Waals surface area contributed by atoms with Crippen molar-refractivity contribution in [1.82, 2.24) is 0 Å². The molecular weight excluding hydrogens is 296 g/mol. The van der Waals surface area contributed by atoms with E-state index in [-0.39, 0.29) is 16.9 Å². The van der Waals surface area contributed by atoms with Gasteiger partial charge in [-0.15, -0.1) is 0 Å². The molecule has 5 nitrogen and oxygen atoms in total. The molecule has 118 valence electrons. The molecule has 0 spiro atoms. The Bertz CT molecular complexity index is 940. The van der Waals surface area contributed by atoms with Crippen molar-refractivity contribution in [3.05, 3.63) is 52.2 Å². The first-order valence-corrected chi connectivity index (χ1v) is 7.24. The van der Waals surface area contributed by atoms with Crippen molar-refractivity contribution in [2.75, 3.05) is 6.61 Å². The summed E-state index contributed by atoms with van der Waals surface area (Å²) in [5.41, 5.74) is 1.26. The standard InChI is InChI=1S/C18H16O5/c1-3-22-17-8-11(4-6-14(17)20)16-9-15(21)12-5-7-13(19)10(2)18(12)23-16/h4-9,19-20H,3H2,1-2H3. The van der Waals surface area contributed by atoms with E-state index in [1.165, 1.54) is 24.3 Å². The lowest BCUT2D eigenvalue weighted by atomic mass is 10.1. The van der Waals surface area contributed by atoms with Crippen LogP contribution in [0.15, 0.2) is 45.6 Å². The Balaban J connectivity index is 2.23. The molecule has 0 atom stereocenters. The molecule has 0 aliphatic heterocycles. The van der Waals surface area contributed by atoms with E-state index in [0.717, 1.165) is 0 Å². The third kappa shape index (κ3) is 2.61. The fourth-order valence-corrected chi connectivity index (χ4v) is 2.42. The first kappa shape index (κ1) is 15.0. The van der Waals surface area contributed by atoms with Crippen LogP contribution in [0.1, 0.15) is 12.5 Å². The number of hydrogen-bond acceptors (Lipinski definition) is 5. The second-order valence-electron chi connectivity index (χ2n) is 5.18. The van der Waals surface area contributed by atoms with E-state index < -0.39 is 0 Å². The maximum absolute atomic E-state index is 12.3. The minimum atomic E-state index is -0.199. The SMILES string of the molecule is CCOc1cc(-c2cc(=O)c3ccc(O)c(C)c3o2)ccc1O. The Kier molecular flexibility index (Phi) is 3.70. The smallest absolute Gasteiger partial charge is 0.193 e. The predicted octanol–water partition coefficient (Wildman–Crippen LogP) is 3.58. The van der Waals surface area contributed by atoms with Crippen LogP contribution in [-0.2, 0) is 0 Å². The van der Waals surface area contributed by atoms with Crippen LogP contribution in [0, 0.1) is 6.92 Å². The van der Waals surface area contributed by atoms with Gasteiger partial charge in [0.25, 0.3) is 0 Å². The molecule has 0 aliphatic carbocycles.